The van der Waals surface area contributed by atoms with Crippen molar-refractivity contribution in [3.05, 3.63) is 47.6 Å². The van der Waals surface area contributed by atoms with Crippen LogP contribution in [0.4, 0.5) is 10.6 Å². The molecule has 3 heterocycles. The second-order valence-corrected chi connectivity index (χ2v) is 5.98. The molecule has 1 aromatic carbocycles. The van der Waals surface area contributed by atoms with Crippen LogP contribution in [0.15, 0.2) is 41.0 Å². The Balaban J connectivity index is 1.57. The summed E-state index contributed by atoms with van der Waals surface area (Å²) in [5.74, 6) is 1.89. The summed E-state index contributed by atoms with van der Waals surface area (Å²) < 4.78 is 16.2. The smallest absolute Gasteiger partial charge is 0.407 e. The third-order valence-corrected chi connectivity index (χ3v) is 4.01. The normalized spacial score (nSPS) is 16.3. The van der Waals surface area contributed by atoms with Crippen LogP contribution >= 0.6 is 11.6 Å². The molecule has 26 heavy (non-hydrogen) atoms. The molecule has 1 amide bonds. The molecule has 0 bridgehead atoms. The molecule has 0 saturated carbocycles. The summed E-state index contributed by atoms with van der Waals surface area (Å²) >= 11 is 6.08. The van der Waals surface area contributed by atoms with Crippen molar-refractivity contribution in [1.82, 2.24) is 15.3 Å². The number of nitrogens with one attached hydrogen (secondary N) is 2. The Morgan fingerprint density at radius 3 is 3.00 bits per heavy atom. The number of amides is 1. The minimum atomic E-state index is -0.439. The van der Waals surface area contributed by atoms with E-state index in [1.54, 1.807) is 12.3 Å². The zero-order valence-electron chi connectivity index (χ0n) is 13.6. The van der Waals surface area contributed by atoms with Gasteiger partial charge < -0.3 is 24.5 Å². The van der Waals surface area contributed by atoms with Crippen molar-refractivity contribution in [2.24, 2.45) is 0 Å². The molecular weight excluding hydrogens is 360 g/mol. The van der Waals surface area contributed by atoms with Gasteiger partial charge in [0.15, 0.2) is 6.10 Å². The van der Waals surface area contributed by atoms with Gasteiger partial charge in [-0.3, -0.25) is 0 Å². The van der Waals surface area contributed by atoms with E-state index in [1.165, 1.54) is 0 Å². The molecular formula is C17H15ClN4O4. The number of para-hydroxylation sites is 1. The number of halogens is 1. The van der Waals surface area contributed by atoms with Crippen molar-refractivity contribution in [3.63, 3.8) is 0 Å². The summed E-state index contributed by atoms with van der Waals surface area (Å²) in [4.78, 5) is 19.6. The van der Waals surface area contributed by atoms with Gasteiger partial charge in [0, 0.05) is 5.39 Å². The van der Waals surface area contributed by atoms with Gasteiger partial charge in [0.1, 0.15) is 29.5 Å². The largest absolute Gasteiger partial charge is 0.487 e. The molecule has 3 aromatic rings. The van der Waals surface area contributed by atoms with Crippen LogP contribution in [0, 0.1) is 0 Å². The van der Waals surface area contributed by atoms with Crippen molar-refractivity contribution in [1.29, 1.82) is 0 Å². The molecule has 2 aromatic heterocycles. The first kappa shape index (κ1) is 16.5. The van der Waals surface area contributed by atoms with Crippen molar-refractivity contribution in [2.75, 3.05) is 18.5 Å². The standard InChI is InChI=1S/C17H15ClN4O4/c18-16-21-14-12(15(22-16)19-7-10-3-2-6-24-10)4-1-5-13(14)25-9-11-8-20-17(23)26-11/h1-6,11H,7-9H2,(H,20,23)(H,19,21,22)/t11-/m0/s1. The number of cyclic esters (lactones) is 1. The average Bonchev–Trinajstić information content (AvgIpc) is 3.29. The Kier molecular flexibility index (Phi) is 4.49. The number of nitrogens with zero attached hydrogens (tertiary/aromatic N) is 2. The zero-order chi connectivity index (χ0) is 17.9. The van der Waals surface area contributed by atoms with E-state index < -0.39 is 6.09 Å². The fraction of sp³-hybridized carbons (Fsp3) is 0.235. The van der Waals surface area contributed by atoms with Crippen molar-refractivity contribution in [2.45, 2.75) is 12.6 Å². The van der Waals surface area contributed by atoms with Gasteiger partial charge >= 0.3 is 6.09 Å². The number of fused-ring (bicyclic) bond motifs is 1. The van der Waals surface area contributed by atoms with Gasteiger partial charge in [0.25, 0.3) is 0 Å². The predicted molar refractivity (Wildman–Crippen MR) is 94.3 cm³/mol. The average molecular weight is 375 g/mol. The number of ether oxygens (including phenoxy) is 2. The number of anilines is 1. The fourth-order valence-corrected chi connectivity index (χ4v) is 2.81. The Morgan fingerprint density at radius 2 is 2.23 bits per heavy atom. The van der Waals surface area contributed by atoms with E-state index in [0.29, 0.717) is 30.2 Å². The Labute approximate surface area is 153 Å². The molecule has 0 spiro atoms. The van der Waals surface area contributed by atoms with Gasteiger partial charge in [-0.2, -0.15) is 0 Å². The van der Waals surface area contributed by atoms with Crippen molar-refractivity contribution in [3.8, 4) is 5.75 Å². The lowest BCUT2D eigenvalue weighted by molar-refractivity contribution is 0.105. The molecule has 8 nitrogen and oxygen atoms in total. The highest BCUT2D eigenvalue weighted by atomic mass is 35.5. The number of furan rings is 1. The van der Waals surface area contributed by atoms with Crippen LogP contribution in [-0.4, -0.2) is 35.3 Å². The summed E-state index contributed by atoms with van der Waals surface area (Å²) in [6, 6.07) is 9.18. The maximum Gasteiger partial charge on any atom is 0.407 e. The van der Waals surface area contributed by atoms with E-state index >= 15 is 0 Å². The predicted octanol–water partition coefficient (Wildman–Crippen LogP) is 2.98. The van der Waals surface area contributed by atoms with Crippen LogP contribution in [0.3, 0.4) is 0 Å². The van der Waals surface area contributed by atoms with Crippen LogP contribution in [0.1, 0.15) is 5.76 Å². The van der Waals surface area contributed by atoms with Gasteiger partial charge in [-0.1, -0.05) is 6.07 Å². The van der Waals surface area contributed by atoms with E-state index in [0.717, 1.165) is 11.1 Å². The number of hydrogen-bond donors (Lipinski definition) is 2. The third-order valence-electron chi connectivity index (χ3n) is 3.84. The lowest BCUT2D eigenvalue weighted by Crippen LogP contribution is -2.22. The summed E-state index contributed by atoms with van der Waals surface area (Å²) in [6.45, 7) is 1.09. The van der Waals surface area contributed by atoms with E-state index in [9.17, 15) is 4.79 Å². The molecule has 2 N–H and O–H groups in total. The van der Waals surface area contributed by atoms with Gasteiger partial charge in [0.05, 0.1) is 19.4 Å². The first-order valence-electron chi connectivity index (χ1n) is 7.99. The monoisotopic (exact) mass is 374 g/mol. The molecule has 0 aliphatic carbocycles. The molecule has 134 valence electrons. The van der Waals surface area contributed by atoms with Gasteiger partial charge in [-0.15, -0.1) is 0 Å². The van der Waals surface area contributed by atoms with Crippen molar-refractivity contribution < 1.29 is 18.7 Å². The highest BCUT2D eigenvalue weighted by molar-refractivity contribution is 6.29. The van der Waals surface area contributed by atoms with E-state index in [2.05, 4.69) is 20.6 Å². The SMILES string of the molecule is O=C1NC[C@@H](COc2cccc3c(NCc4ccco4)nc(Cl)nc23)O1. The minimum absolute atomic E-state index is 0.101. The van der Waals surface area contributed by atoms with Crippen LogP contribution < -0.4 is 15.4 Å². The molecule has 4 rings (SSSR count). The van der Waals surface area contributed by atoms with Crippen LogP contribution in [0.2, 0.25) is 5.28 Å². The number of benzene rings is 1. The quantitative estimate of drug-likeness (QED) is 0.640. The second-order valence-electron chi connectivity index (χ2n) is 5.65. The first-order valence-corrected chi connectivity index (χ1v) is 8.36. The Hall–Kier alpha value is -3.00. The van der Waals surface area contributed by atoms with Crippen LogP contribution in [-0.2, 0) is 11.3 Å². The second kappa shape index (κ2) is 7.09. The highest BCUT2D eigenvalue weighted by Gasteiger charge is 2.23. The molecule has 9 heteroatoms. The summed E-state index contributed by atoms with van der Waals surface area (Å²) in [5, 5.41) is 6.65. The van der Waals surface area contributed by atoms with Gasteiger partial charge in [-0.25, -0.2) is 14.8 Å². The molecule has 0 unspecified atom stereocenters. The van der Waals surface area contributed by atoms with Gasteiger partial charge in [-0.05, 0) is 35.9 Å². The first-order chi connectivity index (χ1) is 12.7. The Bertz CT molecular complexity index is 932. The molecule has 1 fully saturated rings. The summed E-state index contributed by atoms with van der Waals surface area (Å²) in [7, 11) is 0. The molecule has 0 radical (unpaired) electrons. The maximum absolute atomic E-state index is 11.1. The summed E-state index contributed by atoms with van der Waals surface area (Å²) in [5.41, 5.74) is 0.576. The third kappa shape index (κ3) is 3.50. The lowest BCUT2D eigenvalue weighted by Gasteiger charge is -2.13. The minimum Gasteiger partial charge on any atom is -0.487 e. The molecule has 1 atom stereocenters. The van der Waals surface area contributed by atoms with E-state index in [1.807, 2.05) is 24.3 Å². The number of alkyl carbamates (subject to hydrolysis) is 1. The van der Waals surface area contributed by atoms with Crippen LogP contribution in [0.5, 0.6) is 5.75 Å². The van der Waals surface area contributed by atoms with E-state index in [-0.39, 0.29) is 18.0 Å². The van der Waals surface area contributed by atoms with Gasteiger partial charge in [0.2, 0.25) is 5.28 Å². The number of hydrogen-bond acceptors (Lipinski definition) is 7. The Morgan fingerprint density at radius 1 is 1.31 bits per heavy atom. The molecule has 1 aliphatic rings. The number of carbonyl (C=O) groups is 1. The lowest BCUT2D eigenvalue weighted by atomic mass is 10.2. The van der Waals surface area contributed by atoms with Crippen LogP contribution in [0.25, 0.3) is 10.9 Å². The molecule has 1 aliphatic heterocycles. The summed E-state index contributed by atoms with van der Waals surface area (Å²) in [6.07, 6.45) is 0.830. The molecule has 1 saturated heterocycles. The number of carbonyl (C=O) groups excluding carboxylic acids is 1. The number of rotatable bonds is 6. The van der Waals surface area contributed by atoms with E-state index in [4.69, 9.17) is 25.5 Å². The maximum atomic E-state index is 11.1. The topological polar surface area (TPSA) is 98.5 Å². The highest BCUT2D eigenvalue weighted by Crippen LogP contribution is 2.30. The number of aromatic nitrogens is 2. The zero-order valence-corrected chi connectivity index (χ0v) is 14.3. The fourth-order valence-electron chi connectivity index (χ4n) is 2.64. The van der Waals surface area contributed by atoms with Crippen molar-refractivity contribution >= 4 is 34.4 Å².